The van der Waals surface area contributed by atoms with Crippen LogP contribution in [0, 0.1) is 0 Å². The van der Waals surface area contributed by atoms with Crippen molar-refractivity contribution < 1.29 is 27.2 Å². The van der Waals surface area contributed by atoms with E-state index >= 15 is 0 Å². The third kappa shape index (κ3) is 6.36. The van der Waals surface area contributed by atoms with Gasteiger partial charge in [-0.15, -0.1) is 0 Å². The fourth-order valence-electron chi connectivity index (χ4n) is 2.62. The fraction of sp³-hybridized carbons (Fsp3) is 0.611. The van der Waals surface area contributed by atoms with E-state index in [9.17, 15) is 13.2 Å². The molecule has 152 valence electrons. The minimum Gasteiger partial charge on any atom is -0.493 e. The van der Waals surface area contributed by atoms with Crippen molar-refractivity contribution in [3.05, 3.63) is 23.4 Å². The number of alkyl halides is 4. The summed E-state index contributed by atoms with van der Waals surface area (Å²) in [5, 5.41) is 7.26. The zero-order valence-corrected chi connectivity index (χ0v) is 16.8. The van der Waals surface area contributed by atoms with Gasteiger partial charge in [0, 0.05) is 24.0 Å². The third-order valence-electron chi connectivity index (χ3n) is 3.85. The number of rotatable bonds is 12. The second-order valence-corrected chi connectivity index (χ2v) is 6.79. The first-order valence-corrected chi connectivity index (χ1v) is 10.1. The molecule has 0 bridgehead atoms. The zero-order chi connectivity index (χ0) is 19.7. The van der Waals surface area contributed by atoms with Gasteiger partial charge in [0.05, 0.1) is 18.7 Å². The molecule has 0 radical (unpaired) electrons. The monoisotopic (exact) mass is 452 g/mol. The summed E-state index contributed by atoms with van der Waals surface area (Å²) in [5.41, 5.74) is -0.213. The Hall–Kier alpha value is -1.32. The lowest BCUT2D eigenvalue weighted by atomic mass is 10.0. The van der Waals surface area contributed by atoms with Crippen LogP contribution in [0.25, 0.3) is 11.0 Å². The molecule has 1 heterocycles. The van der Waals surface area contributed by atoms with E-state index in [0.717, 1.165) is 31.1 Å². The van der Waals surface area contributed by atoms with E-state index in [4.69, 9.17) is 14.0 Å². The van der Waals surface area contributed by atoms with E-state index in [2.05, 4.69) is 26.4 Å². The van der Waals surface area contributed by atoms with Gasteiger partial charge in [-0.3, -0.25) is 5.32 Å². The third-order valence-corrected chi connectivity index (χ3v) is 4.41. The van der Waals surface area contributed by atoms with Crippen molar-refractivity contribution >= 4 is 26.9 Å². The topological polar surface area (TPSA) is 56.5 Å². The summed E-state index contributed by atoms with van der Waals surface area (Å²) in [5.74, 6) is 0.544. The number of halogens is 4. The summed E-state index contributed by atoms with van der Waals surface area (Å²) in [6, 6.07) is 2.93. The predicted octanol–water partition coefficient (Wildman–Crippen LogP) is 4.92. The molecule has 0 atom stereocenters. The number of aromatic nitrogens is 1. The number of fused-ring (bicyclic) bond motifs is 1. The molecule has 0 fully saturated rings. The van der Waals surface area contributed by atoms with Crippen LogP contribution < -0.4 is 10.1 Å². The number of nitrogens with zero attached hydrogens (tertiary/aromatic N) is 1. The molecule has 9 heteroatoms. The molecule has 0 aliphatic carbocycles. The van der Waals surface area contributed by atoms with Crippen molar-refractivity contribution in [1.29, 1.82) is 0 Å². The van der Waals surface area contributed by atoms with Crippen molar-refractivity contribution in [3.63, 3.8) is 0 Å². The number of benzene rings is 1. The van der Waals surface area contributed by atoms with Crippen LogP contribution in [0.1, 0.15) is 37.4 Å². The highest BCUT2D eigenvalue weighted by Gasteiger charge is 2.37. The van der Waals surface area contributed by atoms with Crippen LogP contribution in [0.4, 0.5) is 13.2 Å². The summed E-state index contributed by atoms with van der Waals surface area (Å²) in [6.07, 6.45) is -1.52. The molecule has 2 rings (SSSR count). The Bertz CT molecular complexity index is 707. The van der Waals surface area contributed by atoms with Gasteiger partial charge >= 0.3 is 6.18 Å². The summed E-state index contributed by atoms with van der Waals surface area (Å²) < 4.78 is 55.2. The number of ether oxygens (including phenoxy) is 2. The van der Waals surface area contributed by atoms with Crippen LogP contribution in [0.5, 0.6) is 5.75 Å². The SMILES string of the molecule is CCCc1c(OCCCNCOCCCBr)ccc2c(C(F)(F)F)noc12. The molecule has 0 unspecified atom stereocenters. The molecule has 1 aromatic carbocycles. The lowest BCUT2D eigenvalue weighted by molar-refractivity contribution is -0.141. The molecule has 0 aliphatic rings. The summed E-state index contributed by atoms with van der Waals surface area (Å²) in [4.78, 5) is 0. The van der Waals surface area contributed by atoms with Gasteiger partial charge in [0.1, 0.15) is 5.75 Å². The van der Waals surface area contributed by atoms with Gasteiger partial charge in [-0.05, 0) is 31.4 Å². The van der Waals surface area contributed by atoms with Gasteiger partial charge in [0.25, 0.3) is 0 Å². The Morgan fingerprint density at radius 1 is 1.22 bits per heavy atom. The lowest BCUT2D eigenvalue weighted by Crippen LogP contribution is -2.21. The average Bonchev–Trinajstić information content (AvgIpc) is 3.06. The highest BCUT2D eigenvalue weighted by Crippen LogP contribution is 2.38. The predicted molar refractivity (Wildman–Crippen MR) is 100 cm³/mol. The van der Waals surface area contributed by atoms with E-state index in [0.29, 0.717) is 37.7 Å². The first-order chi connectivity index (χ1) is 13.0. The van der Waals surface area contributed by atoms with Crippen LogP contribution in [0.2, 0.25) is 0 Å². The van der Waals surface area contributed by atoms with Gasteiger partial charge < -0.3 is 14.0 Å². The minimum absolute atomic E-state index is 0.0272. The molecule has 0 saturated carbocycles. The van der Waals surface area contributed by atoms with Crippen molar-refractivity contribution in [3.8, 4) is 5.75 Å². The summed E-state index contributed by atoms with van der Waals surface area (Å²) >= 11 is 3.33. The van der Waals surface area contributed by atoms with Crippen LogP contribution in [-0.2, 0) is 17.3 Å². The van der Waals surface area contributed by atoms with Gasteiger partial charge in [0.2, 0.25) is 0 Å². The number of nitrogens with one attached hydrogen (secondary N) is 1. The van der Waals surface area contributed by atoms with E-state index < -0.39 is 11.9 Å². The van der Waals surface area contributed by atoms with Crippen molar-refractivity contribution in [2.75, 3.05) is 31.8 Å². The first kappa shape index (κ1) is 22.0. The first-order valence-electron chi connectivity index (χ1n) is 8.94. The average molecular weight is 453 g/mol. The van der Waals surface area contributed by atoms with Gasteiger partial charge in [-0.1, -0.05) is 34.4 Å². The Morgan fingerprint density at radius 3 is 2.74 bits per heavy atom. The molecular formula is C18H24BrF3N2O3. The number of aryl methyl sites for hydroxylation is 1. The van der Waals surface area contributed by atoms with E-state index in [-0.39, 0.29) is 11.0 Å². The smallest absolute Gasteiger partial charge is 0.437 e. The van der Waals surface area contributed by atoms with Crippen LogP contribution >= 0.6 is 15.9 Å². The van der Waals surface area contributed by atoms with E-state index in [1.54, 1.807) is 6.07 Å². The molecule has 0 spiro atoms. The molecule has 27 heavy (non-hydrogen) atoms. The van der Waals surface area contributed by atoms with Crippen molar-refractivity contribution in [2.24, 2.45) is 0 Å². The highest BCUT2D eigenvalue weighted by molar-refractivity contribution is 9.09. The van der Waals surface area contributed by atoms with E-state index in [1.807, 2.05) is 6.92 Å². The standard InChI is InChI=1S/C18H24BrF3N2O3/c1-2-5-13-15(26-11-4-9-23-12-25-10-3-8-19)7-6-14-16(13)27-24-17(14)18(20,21)22/h6-7,23H,2-5,8-12H2,1H3. The summed E-state index contributed by atoms with van der Waals surface area (Å²) in [6.45, 7) is 4.30. The molecule has 2 aromatic rings. The Labute approximate surface area is 164 Å². The minimum atomic E-state index is -4.54. The zero-order valence-electron chi connectivity index (χ0n) is 15.2. The maximum absolute atomic E-state index is 13.0. The largest absolute Gasteiger partial charge is 0.493 e. The van der Waals surface area contributed by atoms with Crippen LogP contribution in [-0.4, -0.2) is 37.0 Å². The normalized spacial score (nSPS) is 12.0. The lowest BCUT2D eigenvalue weighted by Gasteiger charge is -2.12. The molecule has 5 nitrogen and oxygen atoms in total. The van der Waals surface area contributed by atoms with Crippen molar-refractivity contribution in [1.82, 2.24) is 10.5 Å². The molecule has 0 saturated heterocycles. The Balaban J connectivity index is 1.93. The van der Waals surface area contributed by atoms with Gasteiger partial charge in [-0.2, -0.15) is 13.2 Å². The molecule has 1 aromatic heterocycles. The molecule has 0 aliphatic heterocycles. The molecular weight excluding hydrogens is 429 g/mol. The second kappa shape index (κ2) is 10.9. The Morgan fingerprint density at radius 2 is 2.04 bits per heavy atom. The molecule has 0 amide bonds. The second-order valence-electron chi connectivity index (χ2n) is 6.00. The van der Waals surface area contributed by atoms with E-state index in [1.165, 1.54) is 6.07 Å². The van der Waals surface area contributed by atoms with Crippen molar-refractivity contribution in [2.45, 2.75) is 38.8 Å². The maximum atomic E-state index is 13.0. The summed E-state index contributed by atoms with van der Waals surface area (Å²) in [7, 11) is 0. The number of hydrogen-bond acceptors (Lipinski definition) is 5. The Kier molecular flexibility index (Phi) is 8.85. The maximum Gasteiger partial charge on any atom is 0.437 e. The molecule has 1 N–H and O–H groups in total. The van der Waals surface area contributed by atoms with Gasteiger partial charge in [0.15, 0.2) is 11.3 Å². The van der Waals surface area contributed by atoms with Crippen LogP contribution in [0.3, 0.4) is 0 Å². The van der Waals surface area contributed by atoms with Gasteiger partial charge in [-0.25, -0.2) is 0 Å². The highest BCUT2D eigenvalue weighted by atomic mass is 79.9. The van der Waals surface area contributed by atoms with Crippen LogP contribution in [0.15, 0.2) is 16.7 Å². The quantitative estimate of drug-likeness (QED) is 0.281. The number of hydrogen-bond donors (Lipinski definition) is 1. The fourth-order valence-corrected chi connectivity index (χ4v) is 2.85.